The number of amides is 2. The Labute approximate surface area is 162 Å². The van der Waals surface area contributed by atoms with Crippen molar-refractivity contribution in [3.8, 4) is 5.75 Å². The van der Waals surface area contributed by atoms with Gasteiger partial charge in [-0.3, -0.25) is 19.8 Å². The fraction of sp³-hybridized carbons (Fsp3) is 0. The number of nitrogens with zero attached hydrogens (tertiary/aromatic N) is 1. The number of carbonyl (C=O) groups excluding carboxylic acids is 2. The molecule has 0 unspecified atom stereocenters. The lowest BCUT2D eigenvalue weighted by Crippen LogP contribution is -2.54. The van der Waals surface area contributed by atoms with Crippen molar-refractivity contribution in [1.29, 1.82) is 0 Å². The molecule has 1 aliphatic rings. The SMILES string of the molecule is O=C1NC(=S)N(c2cccc(Br)c2)C(=O)C1=Cc1ccc(O)c(Cl)c1. The zero-order valence-electron chi connectivity index (χ0n) is 12.5. The Morgan fingerprint density at radius 3 is 2.64 bits per heavy atom. The second kappa shape index (κ2) is 6.95. The number of carbonyl (C=O) groups is 2. The van der Waals surface area contributed by atoms with E-state index in [1.165, 1.54) is 23.1 Å². The topological polar surface area (TPSA) is 69.6 Å². The smallest absolute Gasteiger partial charge is 0.270 e. The van der Waals surface area contributed by atoms with E-state index in [0.717, 1.165) is 4.47 Å². The average Bonchev–Trinajstić information content (AvgIpc) is 2.54. The highest BCUT2D eigenvalue weighted by Crippen LogP contribution is 2.27. The maximum Gasteiger partial charge on any atom is 0.270 e. The molecule has 3 rings (SSSR count). The standard InChI is InChI=1S/C17H10BrClN2O3S/c18-10-2-1-3-11(8-10)21-16(24)12(15(23)20-17(21)25)6-9-4-5-14(22)13(19)7-9/h1-8,22H,(H,20,23,25). The van der Waals surface area contributed by atoms with Crippen LogP contribution in [0.2, 0.25) is 5.02 Å². The van der Waals surface area contributed by atoms with Crippen LogP contribution in [0.15, 0.2) is 52.5 Å². The van der Waals surface area contributed by atoms with E-state index in [1.807, 2.05) is 6.07 Å². The van der Waals surface area contributed by atoms with Gasteiger partial charge in [0.2, 0.25) is 0 Å². The predicted molar refractivity (Wildman–Crippen MR) is 103 cm³/mol. The Kier molecular flexibility index (Phi) is 4.89. The van der Waals surface area contributed by atoms with Crippen molar-refractivity contribution < 1.29 is 14.7 Å². The molecule has 0 aromatic heterocycles. The lowest BCUT2D eigenvalue weighted by atomic mass is 10.1. The minimum Gasteiger partial charge on any atom is -0.506 e. The molecule has 0 aliphatic carbocycles. The Balaban J connectivity index is 2.03. The van der Waals surface area contributed by atoms with Gasteiger partial charge in [0.1, 0.15) is 11.3 Å². The maximum absolute atomic E-state index is 12.8. The fourth-order valence-corrected chi connectivity index (χ4v) is 3.14. The highest BCUT2D eigenvalue weighted by atomic mass is 79.9. The van der Waals surface area contributed by atoms with Crippen LogP contribution in [0.5, 0.6) is 5.75 Å². The van der Waals surface area contributed by atoms with E-state index in [4.69, 9.17) is 23.8 Å². The van der Waals surface area contributed by atoms with Gasteiger partial charge in [0.15, 0.2) is 5.11 Å². The molecule has 2 aromatic carbocycles. The van der Waals surface area contributed by atoms with E-state index in [1.54, 1.807) is 24.3 Å². The summed E-state index contributed by atoms with van der Waals surface area (Å²) < 4.78 is 0.772. The van der Waals surface area contributed by atoms with Crippen LogP contribution in [0.25, 0.3) is 6.08 Å². The Bertz CT molecular complexity index is 945. The number of hydrogen-bond acceptors (Lipinski definition) is 4. The molecule has 0 spiro atoms. The molecule has 1 heterocycles. The number of nitrogens with one attached hydrogen (secondary N) is 1. The van der Waals surface area contributed by atoms with Crippen LogP contribution >= 0.6 is 39.7 Å². The van der Waals surface area contributed by atoms with Crippen LogP contribution in [-0.4, -0.2) is 22.0 Å². The first-order valence-electron chi connectivity index (χ1n) is 7.02. The highest BCUT2D eigenvalue weighted by Gasteiger charge is 2.34. The summed E-state index contributed by atoms with van der Waals surface area (Å²) >= 11 is 14.3. The molecule has 1 saturated heterocycles. The number of phenols is 1. The quantitative estimate of drug-likeness (QED) is 0.428. The third kappa shape index (κ3) is 3.58. The van der Waals surface area contributed by atoms with Crippen molar-refractivity contribution in [2.24, 2.45) is 0 Å². The monoisotopic (exact) mass is 436 g/mol. The summed E-state index contributed by atoms with van der Waals surface area (Å²) in [6.45, 7) is 0. The molecule has 2 amide bonds. The van der Waals surface area contributed by atoms with Crippen molar-refractivity contribution in [2.75, 3.05) is 4.90 Å². The normalized spacial score (nSPS) is 16.3. The largest absolute Gasteiger partial charge is 0.506 e. The first-order valence-corrected chi connectivity index (χ1v) is 8.60. The molecule has 2 N–H and O–H groups in total. The van der Waals surface area contributed by atoms with Crippen molar-refractivity contribution in [3.05, 3.63) is 63.1 Å². The van der Waals surface area contributed by atoms with Gasteiger partial charge in [-0.25, -0.2) is 0 Å². The second-order valence-corrected chi connectivity index (χ2v) is 6.86. The van der Waals surface area contributed by atoms with Crippen LogP contribution in [0, 0.1) is 0 Å². The van der Waals surface area contributed by atoms with E-state index in [-0.39, 0.29) is 21.5 Å². The molecule has 0 saturated carbocycles. The zero-order valence-corrected chi connectivity index (χ0v) is 15.7. The first-order chi connectivity index (χ1) is 11.9. The first kappa shape index (κ1) is 17.6. The summed E-state index contributed by atoms with van der Waals surface area (Å²) in [4.78, 5) is 26.3. The Hall–Kier alpha value is -2.22. The van der Waals surface area contributed by atoms with Crippen molar-refractivity contribution in [2.45, 2.75) is 0 Å². The van der Waals surface area contributed by atoms with Crippen LogP contribution in [0.3, 0.4) is 0 Å². The summed E-state index contributed by atoms with van der Waals surface area (Å²) in [5, 5.41) is 12.1. The molecule has 0 atom stereocenters. The van der Waals surface area contributed by atoms with E-state index >= 15 is 0 Å². The van der Waals surface area contributed by atoms with Crippen molar-refractivity contribution in [3.63, 3.8) is 0 Å². The van der Waals surface area contributed by atoms with Gasteiger partial charge in [-0.05, 0) is 54.2 Å². The van der Waals surface area contributed by atoms with Gasteiger partial charge in [0, 0.05) is 4.47 Å². The fourth-order valence-electron chi connectivity index (χ4n) is 2.29. The number of hydrogen-bond donors (Lipinski definition) is 2. The Morgan fingerprint density at radius 1 is 1.20 bits per heavy atom. The number of thiocarbonyl (C=S) groups is 1. The summed E-state index contributed by atoms with van der Waals surface area (Å²) in [6.07, 6.45) is 1.40. The van der Waals surface area contributed by atoms with E-state index in [0.29, 0.717) is 11.3 Å². The maximum atomic E-state index is 12.8. The molecule has 0 bridgehead atoms. The molecule has 0 radical (unpaired) electrons. The van der Waals surface area contributed by atoms with E-state index < -0.39 is 11.8 Å². The van der Waals surface area contributed by atoms with Gasteiger partial charge >= 0.3 is 0 Å². The van der Waals surface area contributed by atoms with Gasteiger partial charge in [0.25, 0.3) is 11.8 Å². The molecular formula is C17H10BrClN2O3S. The molecule has 1 aliphatic heterocycles. The van der Waals surface area contributed by atoms with Gasteiger partial charge in [-0.1, -0.05) is 39.7 Å². The van der Waals surface area contributed by atoms with Crippen LogP contribution in [-0.2, 0) is 9.59 Å². The molecule has 8 heteroatoms. The highest BCUT2D eigenvalue weighted by molar-refractivity contribution is 9.10. The van der Waals surface area contributed by atoms with Gasteiger partial charge in [0.05, 0.1) is 10.7 Å². The summed E-state index contributed by atoms with van der Waals surface area (Å²) in [5.41, 5.74) is 0.942. The van der Waals surface area contributed by atoms with Crippen LogP contribution in [0.4, 0.5) is 5.69 Å². The molecule has 5 nitrogen and oxygen atoms in total. The molecular weight excluding hydrogens is 428 g/mol. The lowest BCUT2D eigenvalue weighted by molar-refractivity contribution is -0.122. The number of halogens is 2. The summed E-state index contributed by atoms with van der Waals surface area (Å²) in [6, 6.07) is 11.4. The molecule has 1 fully saturated rings. The number of phenolic OH excluding ortho intramolecular Hbond substituents is 1. The second-order valence-electron chi connectivity index (χ2n) is 5.15. The number of benzene rings is 2. The minimum absolute atomic E-state index is 0.00832. The number of aromatic hydroxyl groups is 1. The molecule has 25 heavy (non-hydrogen) atoms. The zero-order chi connectivity index (χ0) is 18.1. The third-order valence-corrected chi connectivity index (χ3v) is 4.53. The van der Waals surface area contributed by atoms with E-state index in [9.17, 15) is 14.7 Å². The summed E-state index contributed by atoms with van der Waals surface area (Å²) in [5.74, 6) is -1.22. The minimum atomic E-state index is -0.592. The lowest BCUT2D eigenvalue weighted by Gasteiger charge is -2.29. The van der Waals surface area contributed by atoms with Crippen LogP contribution < -0.4 is 10.2 Å². The third-order valence-electron chi connectivity index (χ3n) is 3.45. The summed E-state index contributed by atoms with van der Waals surface area (Å²) in [7, 11) is 0. The van der Waals surface area contributed by atoms with Crippen molar-refractivity contribution >= 4 is 68.4 Å². The Morgan fingerprint density at radius 2 is 1.96 bits per heavy atom. The average molecular weight is 438 g/mol. The number of anilines is 1. The van der Waals surface area contributed by atoms with Gasteiger partial charge in [-0.2, -0.15) is 0 Å². The van der Waals surface area contributed by atoms with Gasteiger partial charge < -0.3 is 5.11 Å². The van der Waals surface area contributed by atoms with E-state index in [2.05, 4.69) is 21.2 Å². The number of rotatable bonds is 2. The molecule has 126 valence electrons. The predicted octanol–water partition coefficient (Wildman–Crippen LogP) is 3.64. The molecule has 2 aromatic rings. The van der Waals surface area contributed by atoms with Crippen LogP contribution in [0.1, 0.15) is 5.56 Å². The van der Waals surface area contributed by atoms with Gasteiger partial charge in [-0.15, -0.1) is 0 Å². The van der Waals surface area contributed by atoms with Crippen molar-refractivity contribution in [1.82, 2.24) is 5.32 Å².